The molecule has 0 aliphatic carbocycles. The molecule has 0 aromatic carbocycles. The molecular weight excluding hydrogens is 180 g/mol. The van der Waals surface area contributed by atoms with E-state index in [1.165, 1.54) is 18.9 Å². The lowest BCUT2D eigenvalue weighted by Crippen LogP contribution is -2.06. The van der Waals surface area contributed by atoms with Gasteiger partial charge in [-0.1, -0.05) is 25.8 Å². The topological polar surface area (TPSA) is 35.5 Å². The highest BCUT2D eigenvalue weighted by Gasteiger charge is 1.94. The molecule has 14 heavy (non-hydrogen) atoms. The first-order chi connectivity index (χ1) is 6.81. The Bertz CT molecular complexity index is 164. The minimum absolute atomic E-state index is 0.279. The van der Waals surface area contributed by atoms with Gasteiger partial charge in [0.1, 0.15) is 6.61 Å². The molecule has 3 heteroatoms. The molecule has 0 aliphatic heterocycles. The maximum atomic E-state index is 11.0. The van der Waals surface area contributed by atoms with Gasteiger partial charge in [0.25, 0.3) is 0 Å². The highest BCUT2D eigenvalue weighted by molar-refractivity contribution is 5.81. The predicted molar refractivity (Wildman–Crippen MR) is 56.1 cm³/mol. The van der Waals surface area contributed by atoms with Gasteiger partial charge in [0.2, 0.25) is 0 Å². The van der Waals surface area contributed by atoms with Gasteiger partial charge in [0.15, 0.2) is 0 Å². The Morgan fingerprint density at radius 3 is 2.71 bits per heavy atom. The van der Waals surface area contributed by atoms with Crippen LogP contribution in [0.2, 0.25) is 0 Å². The van der Waals surface area contributed by atoms with Crippen LogP contribution in [0.25, 0.3) is 0 Å². The van der Waals surface area contributed by atoms with E-state index in [0.717, 1.165) is 12.8 Å². The average molecular weight is 200 g/mol. The number of hydrogen-bond donors (Lipinski definition) is 0. The van der Waals surface area contributed by atoms with Crippen molar-refractivity contribution >= 4 is 5.97 Å². The Labute approximate surface area is 86.1 Å². The molecular formula is C11H20O3. The first-order valence-corrected chi connectivity index (χ1v) is 5.13. The lowest BCUT2D eigenvalue weighted by molar-refractivity contribution is -0.138. The van der Waals surface area contributed by atoms with Crippen molar-refractivity contribution in [1.29, 1.82) is 0 Å². The second kappa shape index (κ2) is 10.3. The predicted octanol–water partition coefficient (Wildman–Crippen LogP) is 2.31. The van der Waals surface area contributed by atoms with E-state index in [0.29, 0.717) is 13.2 Å². The first-order valence-electron chi connectivity index (χ1n) is 5.13. The Balaban J connectivity index is 3.32. The van der Waals surface area contributed by atoms with Crippen LogP contribution in [0, 0.1) is 0 Å². The molecule has 0 spiro atoms. The van der Waals surface area contributed by atoms with E-state index in [4.69, 9.17) is 9.47 Å². The molecule has 0 saturated carbocycles. The second-order valence-electron chi connectivity index (χ2n) is 3.06. The van der Waals surface area contributed by atoms with E-state index >= 15 is 0 Å². The molecule has 0 radical (unpaired) electrons. The summed E-state index contributed by atoms with van der Waals surface area (Å²) in [4.78, 5) is 11.0. The number of esters is 1. The lowest BCUT2D eigenvalue weighted by Gasteiger charge is -1.99. The highest BCUT2D eigenvalue weighted by atomic mass is 16.6. The molecule has 0 amide bonds. The van der Waals surface area contributed by atoms with Crippen molar-refractivity contribution < 1.29 is 14.3 Å². The first kappa shape index (κ1) is 13.2. The third-order valence-electron chi connectivity index (χ3n) is 1.76. The smallest absolute Gasteiger partial charge is 0.330 e. The molecule has 0 aromatic rings. The molecule has 3 nitrogen and oxygen atoms in total. The molecule has 0 aromatic heterocycles. The number of hydrogen-bond acceptors (Lipinski definition) is 3. The maximum Gasteiger partial charge on any atom is 0.330 e. The third-order valence-corrected chi connectivity index (χ3v) is 1.76. The monoisotopic (exact) mass is 200 g/mol. The summed E-state index contributed by atoms with van der Waals surface area (Å²) < 4.78 is 9.59. The Morgan fingerprint density at radius 2 is 2.07 bits per heavy atom. The lowest BCUT2D eigenvalue weighted by atomic mass is 10.2. The molecule has 0 N–H and O–H groups in total. The number of carbonyl (C=O) groups is 1. The molecule has 0 rings (SSSR count). The van der Waals surface area contributed by atoms with Crippen LogP contribution in [0.15, 0.2) is 12.2 Å². The van der Waals surface area contributed by atoms with Crippen LogP contribution in [0.4, 0.5) is 0 Å². The van der Waals surface area contributed by atoms with Crippen molar-refractivity contribution in [3.63, 3.8) is 0 Å². The van der Waals surface area contributed by atoms with Gasteiger partial charge in [0, 0.05) is 13.2 Å². The fraction of sp³-hybridized carbons (Fsp3) is 0.727. The molecule has 0 fully saturated rings. The summed E-state index contributed by atoms with van der Waals surface area (Å²) in [6, 6.07) is 0. The zero-order chi connectivity index (χ0) is 10.6. The van der Waals surface area contributed by atoms with Crippen LogP contribution in [-0.2, 0) is 14.3 Å². The number of rotatable bonds is 8. The van der Waals surface area contributed by atoms with Gasteiger partial charge >= 0.3 is 5.97 Å². The fourth-order valence-electron chi connectivity index (χ4n) is 0.965. The van der Waals surface area contributed by atoms with Crippen LogP contribution in [0.1, 0.15) is 32.6 Å². The van der Waals surface area contributed by atoms with E-state index in [1.807, 2.05) is 6.08 Å². The van der Waals surface area contributed by atoms with Gasteiger partial charge in [-0.2, -0.15) is 0 Å². The van der Waals surface area contributed by atoms with E-state index in [2.05, 4.69) is 6.92 Å². The summed E-state index contributed by atoms with van der Waals surface area (Å²) in [6.07, 6.45) is 7.86. The van der Waals surface area contributed by atoms with E-state index in [1.54, 1.807) is 7.11 Å². The van der Waals surface area contributed by atoms with E-state index in [9.17, 15) is 4.79 Å². The number of unbranched alkanes of at least 4 members (excludes halogenated alkanes) is 3. The summed E-state index contributed by atoms with van der Waals surface area (Å²) in [5.74, 6) is -0.279. The van der Waals surface area contributed by atoms with Crippen molar-refractivity contribution in [3.8, 4) is 0 Å². The SMILES string of the molecule is CCCCCC=CC(=O)OCCOC. The van der Waals surface area contributed by atoms with Crippen molar-refractivity contribution in [3.05, 3.63) is 12.2 Å². The van der Waals surface area contributed by atoms with Gasteiger partial charge in [0.05, 0.1) is 6.61 Å². The Kier molecular flexibility index (Phi) is 9.64. The molecule has 0 heterocycles. The number of ether oxygens (including phenoxy) is 2. The largest absolute Gasteiger partial charge is 0.460 e. The van der Waals surface area contributed by atoms with Gasteiger partial charge in [-0.25, -0.2) is 4.79 Å². The van der Waals surface area contributed by atoms with Crippen LogP contribution in [-0.4, -0.2) is 26.3 Å². The van der Waals surface area contributed by atoms with E-state index < -0.39 is 0 Å². The number of carbonyl (C=O) groups excluding carboxylic acids is 1. The highest BCUT2D eigenvalue weighted by Crippen LogP contribution is 1.99. The van der Waals surface area contributed by atoms with Gasteiger partial charge in [-0.05, 0) is 12.8 Å². The van der Waals surface area contributed by atoms with Crippen molar-refractivity contribution in [2.45, 2.75) is 32.6 Å². The van der Waals surface area contributed by atoms with Crippen LogP contribution < -0.4 is 0 Å². The van der Waals surface area contributed by atoms with Crippen molar-refractivity contribution in [2.24, 2.45) is 0 Å². The molecule has 0 atom stereocenters. The zero-order valence-electron chi connectivity index (χ0n) is 9.12. The molecule has 0 aliphatic rings. The fourth-order valence-corrected chi connectivity index (χ4v) is 0.965. The minimum atomic E-state index is -0.279. The summed E-state index contributed by atoms with van der Waals surface area (Å²) in [5.41, 5.74) is 0. The molecule has 0 bridgehead atoms. The van der Waals surface area contributed by atoms with Crippen LogP contribution >= 0.6 is 0 Å². The van der Waals surface area contributed by atoms with Crippen molar-refractivity contribution in [1.82, 2.24) is 0 Å². The van der Waals surface area contributed by atoms with Crippen LogP contribution in [0.5, 0.6) is 0 Å². The zero-order valence-corrected chi connectivity index (χ0v) is 9.12. The van der Waals surface area contributed by atoms with Crippen LogP contribution in [0.3, 0.4) is 0 Å². The van der Waals surface area contributed by atoms with Gasteiger partial charge in [-0.3, -0.25) is 0 Å². The van der Waals surface area contributed by atoms with Gasteiger partial charge < -0.3 is 9.47 Å². The molecule has 82 valence electrons. The summed E-state index contributed by atoms with van der Waals surface area (Å²) in [5, 5.41) is 0. The quantitative estimate of drug-likeness (QED) is 0.342. The molecule has 0 saturated heterocycles. The summed E-state index contributed by atoms with van der Waals surface area (Å²) in [6.45, 7) is 2.94. The molecule has 0 unspecified atom stereocenters. The van der Waals surface area contributed by atoms with Gasteiger partial charge in [-0.15, -0.1) is 0 Å². The third kappa shape index (κ3) is 9.26. The Hall–Kier alpha value is -0.830. The van der Waals surface area contributed by atoms with E-state index in [-0.39, 0.29) is 5.97 Å². The summed E-state index contributed by atoms with van der Waals surface area (Å²) >= 11 is 0. The summed E-state index contributed by atoms with van der Waals surface area (Å²) in [7, 11) is 1.58. The standard InChI is InChI=1S/C11H20O3/c1-3-4-5-6-7-8-11(12)14-10-9-13-2/h7-8H,3-6,9-10H2,1-2H3. The maximum absolute atomic E-state index is 11.0. The minimum Gasteiger partial charge on any atom is -0.460 e. The average Bonchev–Trinajstić information content (AvgIpc) is 2.18. The number of methoxy groups -OCH3 is 1. The van der Waals surface area contributed by atoms with Crippen molar-refractivity contribution in [2.75, 3.05) is 20.3 Å². The Morgan fingerprint density at radius 1 is 1.29 bits per heavy atom. The normalized spacial score (nSPS) is 10.7. The second-order valence-corrected chi connectivity index (χ2v) is 3.06. The number of allylic oxidation sites excluding steroid dienone is 1.